The fourth-order valence-electron chi connectivity index (χ4n) is 1.86. The third-order valence-electron chi connectivity index (χ3n) is 2.86. The van der Waals surface area contributed by atoms with E-state index in [9.17, 15) is 4.79 Å². The van der Waals surface area contributed by atoms with E-state index in [4.69, 9.17) is 16.7 Å². The number of hydrogen-bond acceptors (Lipinski definition) is 2. The van der Waals surface area contributed by atoms with Gasteiger partial charge >= 0.3 is 0 Å². The molecule has 0 aliphatic carbocycles. The van der Waals surface area contributed by atoms with Crippen LogP contribution in [0, 0.1) is 6.92 Å². The van der Waals surface area contributed by atoms with E-state index in [-0.39, 0.29) is 18.6 Å². The highest BCUT2D eigenvalue weighted by atomic mass is 35.5. The van der Waals surface area contributed by atoms with Crippen LogP contribution >= 0.6 is 11.6 Å². The Morgan fingerprint density at radius 1 is 1.44 bits per heavy atom. The smallest absolute Gasteiger partial charge is 0.254 e. The first-order chi connectivity index (χ1) is 8.47. The van der Waals surface area contributed by atoms with Crippen molar-refractivity contribution in [1.82, 2.24) is 4.90 Å². The summed E-state index contributed by atoms with van der Waals surface area (Å²) in [7, 11) is 0. The molecular weight excluding hydrogens is 250 g/mol. The third-order valence-corrected chi connectivity index (χ3v) is 3.10. The number of aliphatic hydroxyl groups is 1. The summed E-state index contributed by atoms with van der Waals surface area (Å²) in [5.41, 5.74) is 1.55. The number of carbonyl (C=O) groups excluding carboxylic acids is 1. The molecule has 0 heterocycles. The average Bonchev–Trinajstić information content (AvgIpc) is 2.28. The quantitative estimate of drug-likeness (QED) is 0.893. The Labute approximate surface area is 113 Å². The average molecular weight is 270 g/mol. The Hall–Kier alpha value is -1.06. The van der Waals surface area contributed by atoms with Gasteiger partial charge in [0, 0.05) is 29.8 Å². The van der Waals surface area contributed by atoms with Crippen LogP contribution in [0.1, 0.15) is 36.2 Å². The summed E-state index contributed by atoms with van der Waals surface area (Å²) in [5, 5.41) is 9.52. The molecule has 100 valence electrons. The SMILES string of the molecule is Cc1cc(Cl)ccc1C(=O)N(CCCO)C(C)C. The van der Waals surface area contributed by atoms with Crippen LogP contribution in [0.15, 0.2) is 18.2 Å². The van der Waals surface area contributed by atoms with E-state index >= 15 is 0 Å². The number of aryl methyl sites for hydroxylation is 1. The molecular formula is C14H20ClNO2. The van der Waals surface area contributed by atoms with Gasteiger partial charge in [0.25, 0.3) is 5.91 Å². The molecule has 18 heavy (non-hydrogen) atoms. The molecule has 1 aromatic rings. The number of rotatable bonds is 5. The summed E-state index contributed by atoms with van der Waals surface area (Å²) >= 11 is 5.89. The molecule has 4 heteroatoms. The van der Waals surface area contributed by atoms with Crippen molar-refractivity contribution in [2.75, 3.05) is 13.2 Å². The highest BCUT2D eigenvalue weighted by molar-refractivity contribution is 6.30. The maximum Gasteiger partial charge on any atom is 0.254 e. The van der Waals surface area contributed by atoms with Crippen molar-refractivity contribution in [1.29, 1.82) is 0 Å². The molecule has 0 aliphatic rings. The first kappa shape index (κ1) is 15.0. The van der Waals surface area contributed by atoms with Crippen LogP contribution in [0.5, 0.6) is 0 Å². The molecule has 0 fully saturated rings. The highest BCUT2D eigenvalue weighted by Crippen LogP contribution is 2.18. The minimum Gasteiger partial charge on any atom is -0.396 e. The first-order valence-electron chi connectivity index (χ1n) is 6.15. The summed E-state index contributed by atoms with van der Waals surface area (Å²) in [6.45, 7) is 6.48. The topological polar surface area (TPSA) is 40.5 Å². The van der Waals surface area contributed by atoms with Crippen molar-refractivity contribution >= 4 is 17.5 Å². The Morgan fingerprint density at radius 2 is 2.11 bits per heavy atom. The zero-order valence-electron chi connectivity index (χ0n) is 11.1. The second-order valence-electron chi connectivity index (χ2n) is 4.63. The zero-order valence-corrected chi connectivity index (χ0v) is 11.9. The highest BCUT2D eigenvalue weighted by Gasteiger charge is 2.19. The van der Waals surface area contributed by atoms with Crippen LogP contribution < -0.4 is 0 Å². The molecule has 0 saturated heterocycles. The zero-order chi connectivity index (χ0) is 13.7. The predicted molar refractivity (Wildman–Crippen MR) is 74.1 cm³/mol. The predicted octanol–water partition coefficient (Wildman–Crippen LogP) is 2.88. The van der Waals surface area contributed by atoms with Crippen LogP contribution in [0.4, 0.5) is 0 Å². The molecule has 0 bridgehead atoms. The summed E-state index contributed by atoms with van der Waals surface area (Å²) in [4.78, 5) is 14.2. The fraction of sp³-hybridized carbons (Fsp3) is 0.500. The van der Waals surface area contributed by atoms with Crippen molar-refractivity contribution in [3.8, 4) is 0 Å². The number of amides is 1. The van der Waals surface area contributed by atoms with Crippen LogP contribution in [-0.2, 0) is 0 Å². The van der Waals surface area contributed by atoms with E-state index < -0.39 is 0 Å². The largest absolute Gasteiger partial charge is 0.396 e. The number of halogens is 1. The maximum absolute atomic E-state index is 12.4. The molecule has 1 rings (SSSR count). The third kappa shape index (κ3) is 3.72. The van der Waals surface area contributed by atoms with E-state index in [0.29, 0.717) is 23.6 Å². The van der Waals surface area contributed by atoms with Crippen molar-refractivity contribution in [3.63, 3.8) is 0 Å². The standard InChI is InChI=1S/C14H20ClNO2/c1-10(2)16(7-4-8-17)14(18)13-6-5-12(15)9-11(13)3/h5-6,9-10,17H,4,7-8H2,1-3H3. The summed E-state index contributed by atoms with van der Waals surface area (Å²) < 4.78 is 0. The van der Waals surface area contributed by atoms with E-state index in [0.717, 1.165) is 5.56 Å². The Kier molecular flexibility index (Phi) is 5.63. The van der Waals surface area contributed by atoms with Gasteiger partial charge in [-0.3, -0.25) is 4.79 Å². The lowest BCUT2D eigenvalue weighted by Gasteiger charge is -2.27. The number of benzene rings is 1. The van der Waals surface area contributed by atoms with Gasteiger partial charge in [-0.2, -0.15) is 0 Å². The normalized spacial score (nSPS) is 10.8. The minimum absolute atomic E-state index is 0.00684. The van der Waals surface area contributed by atoms with Gasteiger partial charge in [-0.25, -0.2) is 0 Å². The van der Waals surface area contributed by atoms with Gasteiger partial charge in [0.1, 0.15) is 0 Å². The summed E-state index contributed by atoms with van der Waals surface area (Å²) in [6.07, 6.45) is 0.594. The molecule has 1 amide bonds. The maximum atomic E-state index is 12.4. The van der Waals surface area contributed by atoms with Crippen molar-refractivity contribution in [2.24, 2.45) is 0 Å². The van der Waals surface area contributed by atoms with Crippen LogP contribution in [0.2, 0.25) is 5.02 Å². The van der Waals surface area contributed by atoms with Crippen LogP contribution in [-0.4, -0.2) is 35.1 Å². The molecule has 0 unspecified atom stereocenters. The summed E-state index contributed by atoms with van der Waals surface area (Å²) in [5.74, 6) is -0.00684. The minimum atomic E-state index is -0.00684. The van der Waals surface area contributed by atoms with Gasteiger partial charge < -0.3 is 10.0 Å². The van der Waals surface area contributed by atoms with Crippen molar-refractivity contribution in [3.05, 3.63) is 34.3 Å². The number of carbonyl (C=O) groups is 1. The van der Waals surface area contributed by atoms with Crippen LogP contribution in [0.3, 0.4) is 0 Å². The molecule has 0 atom stereocenters. The van der Waals surface area contributed by atoms with Gasteiger partial charge in [-0.05, 0) is 51.0 Å². The molecule has 0 radical (unpaired) electrons. The Balaban J connectivity index is 2.94. The van der Waals surface area contributed by atoms with Crippen molar-refractivity contribution < 1.29 is 9.90 Å². The lowest BCUT2D eigenvalue weighted by Crippen LogP contribution is -2.38. The van der Waals surface area contributed by atoms with Crippen molar-refractivity contribution in [2.45, 2.75) is 33.2 Å². The second-order valence-corrected chi connectivity index (χ2v) is 5.07. The molecule has 0 aromatic heterocycles. The molecule has 0 saturated carbocycles. The van der Waals surface area contributed by atoms with Gasteiger partial charge in [-0.1, -0.05) is 11.6 Å². The Bertz CT molecular complexity index is 418. The van der Waals surface area contributed by atoms with Gasteiger partial charge in [0.2, 0.25) is 0 Å². The van der Waals surface area contributed by atoms with Gasteiger partial charge in [-0.15, -0.1) is 0 Å². The second kappa shape index (κ2) is 6.76. The lowest BCUT2D eigenvalue weighted by atomic mass is 10.1. The molecule has 1 aromatic carbocycles. The number of nitrogens with zero attached hydrogens (tertiary/aromatic N) is 1. The molecule has 0 aliphatic heterocycles. The van der Waals surface area contributed by atoms with E-state index in [1.165, 1.54) is 0 Å². The Morgan fingerprint density at radius 3 is 2.61 bits per heavy atom. The lowest BCUT2D eigenvalue weighted by molar-refractivity contribution is 0.0692. The van der Waals surface area contributed by atoms with E-state index in [2.05, 4.69) is 0 Å². The van der Waals surface area contributed by atoms with E-state index in [1.807, 2.05) is 20.8 Å². The molecule has 3 nitrogen and oxygen atoms in total. The summed E-state index contributed by atoms with van der Waals surface area (Å²) in [6, 6.07) is 5.39. The number of aliphatic hydroxyl groups excluding tert-OH is 1. The van der Waals surface area contributed by atoms with E-state index in [1.54, 1.807) is 23.1 Å². The fourth-order valence-corrected chi connectivity index (χ4v) is 2.08. The molecule has 0 spiro atoms. The first-order valence-corrected chi connectivity index (χ1v) is 6.53. The number of hydrogen-bond donors (Lipinski definition) is 1. The monoisotopic (exact) mass is 269 g/mol. The van der Waals surface area contributed by atoms with Gasteiger partial charge in [0.05, 0.1) is 0 Å². The van der Waals surface area contributed by atoms with Crippen LogP contribution in [0.25, 0.3) is 0 Å². The molecule has 1 N–H and O–H groups in total. The van der Waals surface area contributed by atoms with Gasteiger partial charge in [0.15, 0.2) is 0 Å².